The molecule has 0 bridgehead atoms. The third-order valence-electron chi connectivity index (χ3n) is 3.49. The van der Waals surface area contributed by atoms with Gasteiger partial charge in [-0.3, -0.25) is 0 Å². The summed E-state index contributed by atoms with van der Waals surface area (Å²) in [7, 11) is 0. The van der Waals surface area contributed by atoms with Crippen molar-refractivity contribution in [1.29, 1.82) is 0 Å². The van der Waals surface area contributed by atoms with Crippen LogP contribution in [0.3, 0.4) is 0 Å². The van der Waals surface area contributed by atoms with E-state index in [1.165, 1.54) is 11.1 Å². The number of nitrogens with one attached hydrogen (secondary N) is 1. The molecule has 3 nitrogen and oxygen atoms in total. The van der Waals surface area contributed by atoms with Gasteiger partial charge in [0.25, 0.3) is 0 Å². The number of nitrogens with zero attached hydrogens (tertiary/aromatic N) is 2. The van der Waals surface area contributed by atoms with Crippen molar-refractivity contribution in [3.63, 3.8) is 0 Å². The summed E-state index contributed by atoms with van der Waals surface area (Å²) < 4.78 is 0. The van der Waals surface area contributed by atoms with Crippen LogP contribution in [0.1, 0.15) is 25.0 Å². The van der Waals surface area contributed by atoms with E-state index < -0.39 is 0 Å². The summed E-state index contributed by atoms with van der Waals surface area (Å²) in [6.07, 6.45) is 1.78. The Morgan fingerprint density at radius 3 is 2.26 bits per heavy atom. The lowest BCUT2D eigenvalue weighted by Crippen LogP contribution is -1.97. The summed E-state index contributed by atoms with van der Waals surface area (Å²) >= 11 is 0. The van der Waals surface area contributed by atoms with E-state index in [2.05, 4.69) is 47.3 Å². The maximum atomic E-state index is 4.59. The van der Waals surface area contributed by atoms with Gasteiger partial charge in [0.05, 0.1) is 5.69 Å². The Morgan fingerprint density at radius 1 is 0.826 bits per heavy atom. The van der Waals surface area contributed by atoms with E-state index in [1.807, 2.05) is 50.2 Å². The maximum absolute atomic E-state index is 4.59. The first kappa shape index (κ1) is 16.7. The highest BCUT2D eigenvalue weighted by Crippen LogP contribution is 2.21. The zero-order chi connectivity index (χ0) is 16.7. The molecule has 1 aromatic heterocycles. The molecule has 0 unspecified atom stereocenters. The molecule has 118 valence electrons. The summed E-state index contributed by atoms with van der Waals surface area (Å²) in [4.78, 5) is 8.86. The second-order valence-electron chi connectivity index (χ2n) is 5.06. The number of benzene rings is 2. The van der Waals surface area contributed by atoms with Crippen molar-refractivity contribution in [3.8, 4) is 11.3 Å². The highest BCUT2D eigenvalue weighted by molar-refractivity contribution is 5.63. The standard InChI is InChI=1S/C18H17N3.C2H6/c1-13-8-9-15(12-14(13)2)17-10-11-19-18(21-17)20-16-6-4-3-5-7-16;1-2/h3-12H,1-2H3,(H,19,20,21);1-2H3. The summed E-state index contributed by atoms with van der Waals surface area (Å²) in [5.41, 5.74) is 5.57. The first-order valence-corrected chi connectivity index (χ1v) is 7.95. The minimum atomic E-state index is 0.608. The van der Waals surface area contributed by atoms with Crippen molar-refractivity contribution >= 4 is 11.6 Å². The number of rotatable bonds is 3. The van der Waals surface area contributed by atoms with Crippen molar-refractivity contribution in [2.75, 3.05) is 5.32 Å². The first-order valence-electron chi connectivity index (χ1n) is 7.95. The number of hydrogen-bond acceptors (Lipinski definition) is 3. The molecule has 0 aliphatic heterocycles. The predicted molar refractivity (Wildman–Crippen MR) is 98.0 cm³/mol. The van der Waals surface area contributed by atoms with E-state index in [0.29, 0.717) is 5.95 Å². The van der Waals surface area contributed by atoms with E-state index in [4.69, 9.17) is 0 Å². The second-order valence-corrected chi connectivity index (χ2v) is 5.06. The maximum Gasteiger partial charge on any atom is 0.227 e. The van der Waals surface area contributed by atoms with E-state index in [-0.39, 0.29) is 0 Å². The zero-order valence-corrected chi connectivity index (χ0v) is 14.2. The molecule has 3 heteroatoms. The molecule has 0 aliphatic carbocycles. The zero-order valence-electron chi connectivity index (χ0n) is 14.2. The van der Waals surface area contributed by atoms with Crippen molar-refractivity contribution in [2.45, 2.75) is 27.7 Å². The predicted octanol–water partition coefficient (Wildman–Crippen LogP) is 5.53. The van der Waals surface area contributed by atoms with Crippen molar-refractivity contribution in [2.24, 2.45) is 0 Å². The smallest absolute Gasteiger partial charge is 0.227 e. The molecule has 2 aromatic carbocycles. The highest BCUT2D eigenvalue weighted by Gasteiger charge is 2.04. The molecule has 0 spiro atoms. The van der Waals surface area contributed by atoms with Gasteiger partial charge in [-0.1, -0.05) is 44.2 Å². The van der Waals surface area contributed by atoms with Crippen LogP contribution in [-0.2, 0) is 0 Å². The Kier molecular flexibility index (Phi) is 5.87. The molecule has 0 saturated carbocycles. The van der Waals surface area contributed by atoms with Gasteiger partial charge in [-0.2, -0.15) is 0 Å². The minimum Gasteiger partial charge on any atom is -0.324 e. The van der Waals surface area contributed by atoms with Crippen LogP contribution in [0.15, 0.2) is 60.8 Å². The van der Waals surface area contributed by atoms with Crippen molar-refractivity contribution in [3.05, 3.63) is 71.9 Å². The van der Waals surface area contributed by atoms with Crippen molar-refractivity contribution in [1.82, 2.24) is 9.97 Å². The van der Waals surface area contributed by atoms with Crippen LogP contribution in [0.2, 0.25) is 0 Å². The molecule has 0 radical (unpaired) electrons. The Hall–Kier alpha value is -2.68. The van der Waals surface area contributed by atoms with Crippen LogP contribution in [0.25, 0.3) is 11.3 Å². The number of para-hydroxylation sites is 1. The fourth-order valence-corrected chi connectivity index (χ4v) is 2.13. The molecule has 0 atom stereocenters. The lowest BCUT2D eigenvalue weighted by Gasteiger charge is -2.08. The molecule has 0 fully saturated rings. The normalized spacial score (nSPS) is 9.74. The quantitative estimate of drug-likeness (QED) is 0.691. The van der Waals surface area contributed by atoms with E-state index in [0.717, 1.165) is 16.9 Å². The third-order valence-corrected chi connectivity index (χ3v) is 3.49. The summed E-state index contributed by atoms with van der Waals surface area (Å²) in [6.45, 7) is 8.23. The monoisotopic (exact) mass is 305 g/mol. The van der Waals surface area contributed by atoms with Crippen LogP contribution >= 0.6 is 0 Å². The van der Waals surface area contributed by atoms with Gasteiger partial charge < -0.3 is 5.32 Å². The molecule has 1 heterocycles. The Bertz CT molecular complexity index is 752. The number of aryl methyl sites for hydroxylation is 2. The average Bonchev–Trinajstić information content (AvgIpc) is 2.60. The van der Waals surface area contributed by atoms with Crippen LogP contribution in [-0.4, -0.2) is 9.97 Å². The lowest BCUT2D eigenvalue weighted by atomic mass is 10.0. The molecule has 0 aliphatic rings. The summed E-state index contributed by atoms with van der Waals surface area (Å²) in [6, 6.07) is 18.2. The van der Waals surface area contributed by atoms with Gasteiger partial charge in [0.15, 0.2) is 0 Å². The molecular weight excluding hydrogens is 282 g/mol. The summed E-state index contributed by atoms with van der Waals surface area (Å²) in [5.74, 6) is 0.608. The molecule has 3 rings (SSSR count). The molecule has 1 N–H and O–H groups in total. The topological polar surface area (TPSA) is 37.8 Å². The van der Waals surface area contributed by atoms with Gasteiger partial charge in [-0.25, -0.2) is 9.97 Å². The number of anilines is 2. The van der Waals surface area contributed by atoms with Crippen LogP contribution in [0, 0.1) is 13.8 Å². The van der Waals surface area contributed by atoms with Crippen LogP contribution < -0.4 is 5.32 Å². The van der Waals surface area contributed by atoms with E-state index >= 15 is 0 Å². The van der Waals surface area contributed by atoms with Gasteiger partial charge >= 0.3 is 0 Å². The third kappa shape index (κ3) is 4.39. The van der Waals surface area contributed by atoms with Crippen LogP contribution in [0.5, 0.6) is 0 Å². The Labute approximate surface area is 138 Å². The van der Waals surface area contributed by atoms with Gasteiger partial charge in [0, 0.05) is 17.4 Å². The van der Waals surface area contributed by atoms with Gasteiger partial charge in [-0.15, -0.1) is 0 Å². The molecular formula is C20H23N3. The van der Waals surface area contributed by atoms with Crippen molar-refractivity contribution < 1.29 is 0 Å². The first-order chi connectivity index (χ1) is 11.2. The summed E-state index contributed by atoms with van der Waals surface area (Å²) in [5, 5.41) is 3.22. The van der Waals surface area contributed by atoms with Crippen LogP contribution in [0.4, 0.5) is 11.6 Å². The highest BCUT2D eigenvalue weighted by atomic mass is 15.1. The number of hydrogen-bond donors (Lipinski definition) is 1. The molecule has 23 heavy (non-hydrogen) atoms. The Morgan fingerprint density at radius 2 is 1.57 bits per heavy atom. The Balaban J connectivity index is 0.000000924. The number of aromatic nitrogens is 2. The van der Waals surface area contributed by atoms with Gasteiger partial charge in [0.1, 0.15) is 0 Å². The van der Waals surface area contributed by atoms with Gasteiger partial charge in [-0.05, 0) is 49.2 Å². The lowest BCUT2D eigenvalue weighted by molar-refractivity contribution is 1.17. The molecule has 0 saturated heterocycles. The minimum absolute atomic E-state index is 0.608. The fraction of sp³-hybridized carbons (Fsp3) is 0.200. The molecule has 0 amide bonds. The SMILES string of the molecule is CC.Cc1ccc(-c2ccnc(Nc3ccccc3)n2)cc1C. The van der Waals surface area contributed by atoms with E-state index in [9.17, 15) is 0 Å². The van der Waals surface area contributed by atoms with Gasteiger partial charge in [0.2, 0.25) is 5.95 Å². The average molecular weight is 305 g/mol. The molecule has 3 aromatic rings. The van der Waals surface area contributed by atoms with E-state index in [1.54, 1.807) is 6.20 Å². The largest absolute Gasteiger partial charge is 0.324 e. The second kappa shape index (κ2) is 8.08. The fourth-order valence-electron chi connectivity index (χ4n) is 2.13.